The second-order valence-electron chi connectivity index (χ2n) is 3.51. The van der Waals surface area contributed by atoms with Crippen molar-refractivity contribution in [1.29, 1.82) is 0 Å². The van der Waals surface area contributed by atoms with Crippen LogP contribution < -0.4 is 4.74 Å². The Bertz CT molecular complexity index is 602. The maximum atomic E-state index is 11.0. The highest BCUT2D eigenvalue weighted by molar-refractivity contribution is 14.1. The Hall–Kier alpha value is -1.70. The molecule has 2 rings (SSSR count). The lowest BCUT2D eigenvalue weighted by molar-refractivity contribution is 0.0695. The number of benzene rings is 1. The molecule has 1 heterocycles. The molecule has 5 nitrogen and oxygen atoms in total. The number of carboxylic acids is 1. The van der Waals surface area contributed by atoms with Gasteiger partial charge in [0, 0.05) is 11.8 Å². The molecule has 0 atom stereocenters. The summed E-state index contributed by atoms with van der Waals surface area (Å²) in [5.41, 5.74) is 0.788. The first-order valence-corrected chi connectivity index (χ1v) is 6.13. The van der Waals surface area contributed by atoms with Crippen molar-refractivity contribution in [3.05, 3.63) is 45.4 Å². The van der Waals surface area contributed by atoms with E-state index in [1.54, 1.807) is 25.3 Å². The van der Waals surface area contributed by atoms with Crippen LogP contribution in [0.1, 0.15) is 15.9 Å². The number of carboxylic acid groups (broad SMARTS) is 1. The van der Waals surface area contributed by atoms with E-state index in [9.17, 15) is 4.79 Å². The molecule has 0 aliphatic carbocycles. The van der Waals surface area contributed by atoms with Gasteiger partial charge in [0.25, 0.3) is 0 Å². The first-order chi connectivity index (χ1) is 8.59. The van der Waals surface area contributed by atoms with Crippen molar-refractivity contribution < 1.29 is 14.6 Å². The van der Waals surface area contributed by atoms with E-state index in [2.05, 4.69) is 32.6 Å². The summed E-state index contributed by atoms with van der Waals surface area (Å²) in [6, 6.07) is 4.88. The van der Waals surface area contributed by atoms with Gasteiger partial charge < -0.3 is 9.84 Å². The minimum absolute atomic E-state index is 0.219. The monoisotopic (exact) mass is 356 g/mol. The molecule has 0 aliphatic rings. The smallest absolute Gasteiger partial charge is 0.336 e. The van der Waals surface area contributed by atoms with Gasteiger partial charge in [-0.3, -0.25) is 0 Å². The topological polar surface area (TPSA) is 72.3 Å². The van der Waals surface area contributed by atoms with Crippen LogP contribution in [0.25, 0.3) is 0 Å². The van der Waals surface area contributed by atoms with Crippen LogP contribution in [-0.2, 0) is 0 Å². The molecule has 1 aromatic carbocycles. The summed E-state index contributed by atoms with van der Waals surface area (Å²) in [7, 11) is 0. The van der Waals surface area contributed by atoms with Crippen LogP contribution in [0.2, 0.25) is 0 Å². The molecule has 0 spiro atoms. The van der Waals surface area contributed by atoms with Crippen molar-refractivity contribution >= 4 is 28.6 Å². The molecule has 1 aromatic heterocycles. The average Bonchev–Trinajstić information content (AvgIpc) is 2.34. The second-order valence-corrected chi connectivity index (χ2v) is 4.67. The van der Waals surface area contributed by atoms with Gasteiger partial charge in [-0.2, -0.15) is 0 Å². The highest BCUT2D eigenvalue weighted by Crippen LogP contribution is 2.28. The number of nitrogens with zero attached hydrogens (tertiary/aromatic N) is 2. The maximum Gasteiger partial charge on any atom is 0.336 e. The molecule has 0 saturated carbocycles. The number of rotatable bonds is 3. The summed E-state index contributed by atoms with van der Waals surface area (Å²) in [5.74, 6) is -0.0851. The van der Waals surface area contributed by atoms with Crippen molar-refractivity contribution in [1.82, 2.24) is 9.97 Å². The molecule has 18 heavy (non-hydrogen) atoms. The fourth-order valence-electron chi connectivity index (χ4n) is 1.44. The minimum Gasteiger partial charge on any atom is -0.478 e. The molecule has 2 aromatic rings. The second kappa shape index (κ2) is 5.30. The third kappa shape index (κ3) is 2.58. The standard InChI is InChI=1S/C12H9IN2O3/c1-7-8(12(16)17)3-2-4-10(7)18-11-9(13)5-14-6-15-11/h2-6H,1H3,(H,16,17). The molecular formula is C12H9IN2O3. The van der Waals surface area contributed by atoms with E-state index in [0.717, 1.165) is 3.57 Å². The van der Waals surface area contributed by atoms with Crippen LogP contribution in [0.5, 0.6) is 11.6 Å². The predicted octanol–water partition coefficient (Wildman–Crippen LogP) is 2.88. The van der Waals surface area contributed by atoms with E-state index in [0.29, 0.717) is 17.2 Å². The zero-order valence-corrected chi connectivity index (χ0v) is 11.6. The Morgan fingerprint density at radius 1 is 1.44 bits per heavy atom. The lowest BCUT2D eigenvalue weighted by Crippen LogP contribution is -2.01. The number of halogens is 1. The van der Waals surface area contributed by atoms with Crippen LogP contribution in [-0.4, -0.2) is 21.0 Å². The van der Waals surface area contributed by atoms with E-state index >= 15 is 0 Å². The first kappa shape index (κ1) is 12.7. The van der Waals surface area contributed by atoms with Gasteiger partial charge in [-0.1, -0.05) is 6.07 Å². The van der Waals surface area contributed by atoms with Crippen LogP contribution in [0.15, 0.2) is 30.7 Å². The zero-order valence-electron chi connectivity index (χ0n) is 9.42. The summed E-state index contributed by atoms with van der Waals surface area (Å²) in [5, 5.41) is 9.03. The zero-order chi connectivity index (χ0) is 13.1. The van der Waals surface area contributed by atoms with E-state index in [-0.39, 0.29) is 5.56 Å². The highest BCUT2D eigenvalue weighted by atomic mass is 127. The summed E-state index contributed by atoms with van der Waals surface area (Å²) < 4.78 is 6.37. The Morgan fingerprint density at radius 2 is 2.22 bits per heavy atom. The predicted molar refractivity (Wildman–Crippen MR) is 73.0 cm³/mol. The molecular weight excluding hydrogens is 347 g/mol. The molecule has 1 N–H and O–H groups in total. The van der Waals surface area contributed by atoms with Gasteiger partial charge in [-0.15, -0.1) is 0 Å². The molecule has 0 amide bonds. The fraction of sp³-hybridized carbons (Fsp3) is 0.0833. The van der Waals surface area contributed by atoms with Gasteiger partial charge in [0.05, 0.1) is 9.13 Å². The molecule has 0 fully saturated rings. The van der Waals surface area contributed by atoms with E-state index in [1.807, 2.05) is 0 Å². The number of aromatic nitrogens is 2. The van der Waals surface area contributed by atoms with Crippen LogP contribution in [0.4, 0.5) is 0 Å². The molecule has 0 aliphatic heterocycles. The largest absolute Gasteiger partial charge is 0.478 e. The van der Waals surface area contributed by atoms with Crippen molar-refractivity contribution in [3.63, 3.8) is 0 Å². The Morgan fingerprint density at radius 3 is 2.89 bits per heavy atom. The Labute approximate surface area is 117 Å². The highest BCUT2D eigenvalue weighted by Gasteiger charge is 2.12. The van der Waals surface area contributed by atoms with E-state index in [4.69, 9.17) is 9.84 Å². The maximum absolute atomic E-state index is 11.0. The quantitative estimate of drug-likeness (QED) is 0.857. The van der Waals surface area contributed by atoms with Gasteiger partial charge in [-0.05, 0) is 41.6 Å². The number of aromatic carboxylic acids is 1. The summed E-state index contributed by atoms with van der Waals surface area (Å²) in [6.45, 7) is 1.70. The molecule has 0 unspecified atom stereocenters. The van der Waals surface area contributed by atoms with Gasteiger partial charge in [-0.25, -0.2) is 14.8 Å². The number of carbonyl (C=O) groups is 1. The molecule has 0 bridgehead atoms. The van der Waals surface area contributed by atoms with E-state index in [1.165, 1.54) is 12.4 Å². The number of hydrogen-bond acceptors (Lipinski definition) is 4. The number of ether oxygens (including phenoxy) is 1. The summed E-state index contributed by atoms with van der Waals surface area (Å²) in [6.07, 6.45) is 3.01. The summed E-state index contributed by atoms with van der Waals surface area (Å²) >= 11 is 2.05. The van der Waals surface area contributed by atoms with Crippen LogP contribution >= 0.6 is 22.6 Å². The molecule has 0 radical (unpaired) electrons. The van der Waals surface area contributed by atoms with Gasteiger partial charge >= 0.3 is 5.97 Å². The third-order valence-corrected chi connectivity index (χ3v) is 3.09. The SMILES string of the molecule is Cc1c(Oc2ncncc2I)cccc1C(=O)O. The minimum atomic E-state index is -0.977. The van der Waals surface area contributed by atoms with Crippen molar-refractivity contribution in [2.45, 2.75) is 6.92 Å². The molecule has 0 saturated heterocycles. The Kier molecular flexibility index (Phi) is 3.75. The van der Waals surface area contributed by atoms with Gasteiger partial charge in [0.1, 0.15) is 12.1 Å². The normalized spacial score (nSPS) is 10.1. The van der Waals surface area contributed by atoms with Crippen molar-refractivity contribution in [3.8, 4) is 11.6 Å². The summed E-state index contributed by atoms with van der Waals surface area (Å²) in [4.78, 5) is 18.9. The van der Waals surface area contributed by atoms with Crippen molar-refractivity contribution in [2.24, 2.45) is 0 Å². The molecule has 6 heteroatoms. The van der Waals surface area contributed by atoms with Crippen molar-refractivity contribution in [2.75, 3.05) is 0 Å². The van der Waals surface area contributed by atoms with Gasteiger partial charge in [0.15, 0.2) is 0 Å². The first-order valence-electron chi connectivity index (χ1n) is 5.06. The van der Waals surface area contributed by atoms with Crippen LogP contribution in [0.3, 0.4) is 0 Å². The average molecular weight is 356 g/mol. The third-order valence-electron chi connectivity index (χ3n) is 2.35. The Balaban J connectivity index is 2.39. The van der Waals surface area contributed by atoms with E-state index < -0.39 is 5.97 Å². The fourth-order valence-corrected chi connectivity index (χ4v) is 1.85. The van der Waals surface area contributed by atoms with Crippen LogP contribution in [0, 0.1) is 10.5 Å². The lowest BCUT2D eigenvalue weighted by atomic mass is 10.1. The number of hydrogen-bond donors (Lipinski definition) is 1. The lowest BCUT2D eigenvalue weighted by Gasteiger charge is -2.10. The van der Waals surface area contributed by atoms with Gasteiger partial charge in [0.2, 0.25) is 5.88 Å². The molecule has 92 valence electrons.